The summed E-state index contributed by atoms with van der Waals surface area (Å²) in [6, 6.07) is 2.50. The molecule has 1 saturated carbocycles. The van der Waals surface area contributed by atoms with Gasteiger partial charge in [0.15, 0.2) is 0 Å². The normalized spacial score (nSPS) is 30.3. The molecule has 2 atom stereocenters. The average molecular weight is 226 g/mol. The van der Waals surface area contributed by atoms with Gasteiger partial charge in [0.25, 0.3) is 0 Å². The highest BCUT2D eigenvalue weighted by Crippen LogP contribution is 2.37. The fourth-order valence-corrected chi connectivity index (χ4v) is 3.42. The smallest absolute Gasteiger partial charge is 0.109 e. The molecule has 1 aliphatic rings. The van der Waals surface area contributed by atoms with Crippen molar-refractivity contribution in [3.05, 3.63) is 0 Å². The summed E-state index contributed by atoms with van der Waals surface area (Å²) < 4.78 is 0. The molecule has 86 valence electrons. The van der Waals surface area contributed by atoms with E-state index in [-0.39, 0.29) is 5.54 Å². The van der Waals surface area contributed by atoms with E-state index in [9.17, 15) is 5.26 Å². The Bertz CT molecular complexity index is 224. The quantitative estimate of drug-likeness (QED) is 0.707. The minimum Gasteiger partial charge on any atom is -0.302 e. The van der Waals surface area contributed by atoms with Crippen LogP contribution in [0, 0.1) is 17.2 Å². The van der Waals surface area contributed by atoms with Crippen LogP contribution in [0.15, 0.2) is 0 Å². The second-order valence-corrected chi connectivity index (χ2v) is 5.55. The summed E-state index contributed by atoms with van der Waals surface area (Å²) in [5.41, 5.74) is -0.216. The van der Waals surface area contributed by atoms with E-state index >= 15 is 0 Å². The molecular weight excluding hydrogens is 204 g/mol. The molecule has 1 rings (SSSR count). The first kappa shape index (κ1) is 12.9. The lowest BCUT2D eigenvalue weighted by molar-refractivity contribution is 0.332. The van der Waals surface area contributed by atoms with Gasteiger partial charge in [0.1, 0.15) is 5.54 Å². The molecule has 1 aliphatic carbocycles. The van der Waals surface area contributed by atoms with Gasteiger partial charge in [0.2, 0.25) is 0 Å². The first-order valence-electron chi connectivity index (χ1n) is 5.97. The van der Waals surface area contributed by atoms with Crippen LogP contribution in [0.1, 0.15) is 39.0 Å². The molecule has 0 bridgehead atoms. The molecule has 1 fully saturated rings. The number of nitrogens with one attached hydrogen (secondary N) is 1. The fourth-order valence-electron chi connectivity index (χ4n) is 2.47. The maximum absolute atomic E-state index is 9.27. The summed E-state index contributed by atoms with van der Waals surface area (Å²) in [7, 11) is 1.93. The van der Waals surface area contributed by atoms with Gasteiger partial charge in [-0.05, 0) is 50.2 Å². The zero-order valence-electron chi connectivity index (χ0n) is 9.88. The van der Waals surface area contributed by atoms with E-state index < -0.39 is 0 Å². The van der Waals surface area contributed by atoms with Gasteiger partial charge in [0, 0.05) is 0 Å². The van der Waals surface area contributed by atoms with Crippen molar-refractivity contribution < 1.29 is 0 Å². The van der Waals surface area contributed by atoms with Crippen molar-refractivity contribution in [3.8, 4) is 6.07 Å². The summed E-state index contributed by atoms with van der Waals surface area (Å²) in [5.74, 6) is 3.03. The first-order chi connectivity index (χ1) is 7.29. The molecule has 0 aliphatic heterocycles. The number of rotatable bonds is 6. The Kier molecular flexibility index (Phi) is 5.49. The number of nitrogens with zero attached hydrogens (tertiary/aromatic N) is 1. The standard InChI is InChI=1S/C12H22N2S/c1-3-8-15-9-6-11-5-4-7-12(11,10-13)14-2/h11,14H,3-9H2,1-2H3. The molecular formula is C12H22N2S. The predicted molar refractivity (Wildman–Crippen MR) is 67.0 cm³/mol. The van der Waals surface area contributed by atoms with Crippen molar-refractivity contribution in [2.24, 2.45) is 5.92 Å². The van der Waals surface area contributed by atoms with Crippen molar-refractivity contribution in [2.45, 2.75) is 44.6 Å². The van der Waals surface area contributed by atoms with E-state index in [2.05, 4.69) is 18.3 Å². The summed E-state index contributed by atoms with van der Waals surface area (Å²) in [5, 5.41) is 12.5. The zero-order chi connectivity index (χ0) is 11.1. The Morgan fingerprint density at radius 3 is 2.93 bits per heavy atom. The molecule has 0 aromatic heterocycles. The lowest BCUT2D eigenvalue weighted by atomic mass is 9.87. The molecule has 2 nitrogen and oxygen atoms in total. The molecule has 0 radical (unpaired) electrons. The maximum atomic E-state index is 9.27. The first-order valence-corrected chi connectivity index (χ1v) is 7.12. The van der Waals surface area contributed by atoms with Crippen LogP contribution in [0.2, 0.25) is 0 Å². The predicted octanol–water partition coefficient (Wildman–Crippen LogP) is 2.80. The van der Waals surface area contributed by atoms with Gasteiger partial charge in [-0.25, -0.2) is 0 Å². The molecule has 0 saturated heterocycles. The highest BCUT2D eigenvalue weighted by molar-refractivity contribution is 7.99. The third-order valence-corrected chi connectivity index (χ3v) is 4.65. The summed E-state index contributed by atoms with van der Waals surface area (Å²) in [4.78, 5) is 0. The van der Waals surface area contributed by atoms with Gasteiger partial charge in [-0.3, -0.25) is 0 Å². The third kappa shape index (κ3) is 3.12. The molecule has 0 aromatic rings. The molecule has 0 amide bonds. The van der Waals surface area contributed by atoms with Gasteiger partial charge >= 0.3 is 0 Å². The lowest BCUT2D eigenvalue weighted by Crippen LogP contribution is -2.44. The minimum atomic E-state index is -0.216. The van der Waals surface area contributed by atoms with Gasteiger partial charge in [0.05, 0.1) is 6.07 Å². The number of hydrogen-bond donors (Lipinski definition) is 1. The topological polar surface area (TPSA) is 35.8 Å². The van der Waals surface area contributed by atoms with E-state index in [1.165, 1.54) is 37.2 Å². The maximum Gasteiger partial charge on any atom is 0.109 e. The Balaban J connectivity index is 2.37. The van der Waals surface area contributed by atoms with Crippen LogP contribution < -0.4 is 5.32 Å². The highest BCUT2D eigenvalue weighted by atomic mass is 32.2. The van der Waals surface area contributed by atoms with Crippen molar-refractivity contribution in [1.29, 1.82) is 5.26 Å². The largest absolute Gasteiger partial charge is 0.302 e. The van der Waals surface area contributed by atoms with Crippen LogP contribution in [-0.2, 0) is 0 Å². The Labute approximate surface area is 97.8 Å². The summed E-state index contributed by atoms with van der Waals surface area (Å²) in [6.45, 7) is 2.22. The van der Waals surface area contributed by atoms with Gasteiger partial charge in [-0.15, -0.1) is 0 Å². The Morgan fingerprint density at radius 1 is 1.53 bits per heavy atom. The van der Waals surface area contributed by atoms with E-state index in [0.717, 1.165) is 6.42 Å². The van der Waals surface area contributed by atoms with Gasteiger partial charge in [-0.2, -0.15) is 17.0 Å². The van der Waals surface area contributed by atoms with E-state index in [4.69, 9.17) is 0 Å². The van der Waals surface area contributed by atoms with Gasteiger partial charge < -0.3 is 5.32 Å². The van der Waals surface area contributed by atoms with Crippen LogP contribution in [0.25, 0.3) is 0 Å². The zero-order valence-corrected chi connectivity index (χ0v) is 10.7. The number of nitriles is 1. The van der Waals surface area contributed by atoms with Crippen LogP contribution in [0.3, 0.4) is 0 Å². The molecule has 0 aromatic carbocycles. The third-order valence-electron chi connectivity index (χ3n) is 3.43. The Hall–Kier alpha value is -0.200. The Morgan fingerprint density at radius 2 is 2.33 bits per heavy atom. The van der Waals surface area contributed by atoms with E-state index in [0.29, 0.717) is 5.92 Å². The molecule has 3 heteroatoms. The monoisotopic (exact) mass is 226 g/mol. The summed E-state index contributed by atoms with van der Waals surface area (Å²) >= 11 is 2.02. The second-order valence-electron chi connectivity index (χ2n) is 4.32. The van der Waals surface area contributed by atoms with Crippen molar-refractivity contribution in [1.82, 2.24) is 5.32 Å². The average Bonchev–Trinajstić information content (AvgIpc) is 2.68. The molecule has 1 N–H and O–H groups in total. The summed E-state index contributed by atoms with van der Waals surface area (Å²) in [6.07, 6.45) is 5.91. The fraction of sp³-hybridized carbons (Fsp3) is 0.917. The van der Waals surface area contributed by atoms with Crippen molar-refractivity contribution >= 4 is 11.8 Å². The SMILES string of the molecule is CCCSCCC1CCCC1(C#N)NC. The van der Waals surface area contributed by atoms with Crippen LogP contribution in [0.5, 0.6) is 0 Å². The molecule has 0 spiro atoms. The van der Waals surface area contributed by atoms with Gasteiger partial charge in [-0.1, -0.05) is 13.3 Å². The highest BCUT2D eigenvalue weighted by Gasteiger charge is 2.41. The van der Waals surface area contributed by atoms with E-state index in [1.54, 1.807) is 0 Å². The van der Waals surface area contributed by atoms with E-state index in [1.807, 2.05) is 18.8 Å². The number of hydrogen-bond acceptors (Lipinski definition) is 3. The van der Waals surface area contributed by atoms with Crippen LogP contribution in [0.4, 0.5) is 0 Å². The second kappa shape index (κ2) is 6.40. The number of thioether (sulfide) groups is 1. The van der Waals surface area contributed by atoms with Crippen molar-refractivity contribution in [2.75, 3.05) is 18.6 Å². The van der Waals surface area contributed by atoms with Crippen LogP contribution in [-0.4, -0.2) is 24.1 Å². The molecule has 0 heterocycles. The van der Waals surface area contributed by atoms with Crippen LogP contribution >= 0.6 is 11.8 Å². The van der Waals surface area contributed by atoms with Crippen molar-refractivity contribution in [3.63, 3.8) is 0 Å². The minimum absolute atomic E-state index is 0.216. The molecule has 2 unspecified atom stereocenters. The molecule has 15 heavy (non-hydrogen) atoms. The lowest BCUT2D eigenvalue weighted by Gasteiger charge is -2.28.